The van der Waals surface area contributed by atoms with Crippen LogP contribution in [0.25, 0.3) is 11.1 Å². The molecule has 0 aromatic heterocycles. The van der Waals surface area contributed by atoms with Crippen LogP contribution < -0.4 is 4.74 Å². The zero-order valence-corrected chi connectivity index (χ0v) is 22.5. The molecule has 4 nitrogen and oxygen atoms in total. The van der Waals surface area contributed by atoms with Crippen molar-refractivity contribution in [2.24, 2.45) is 0 Å². The van der Waals surface area contributed by atoms with E-state index in [0.29, 0.717) is 23.4 Å². The van der Waals surface area contributed by atoms with Crippen molar-refractivity contribution in [2.75, 3.05) is 14.2 Å². The van der Waals surface area contributed by atoms with Crippen LogP contribution in [0.3, 0.4) is 0 Å². The lowest BCUT2D eigenvalue weighted by atomic mass is 9.92. The number of carbonyl (C=O) groups is 1. The summed E-state index contributed by atoms with van der Waals surface area (Å²) in [6, 6.07) is 9.80. The van der Waals surface area contributed by atoms with Crippen molar-refractivity contribution in [3.05, 3.63) is 88.0 Å². The molecule has 3 aromatic rings. The van der Waals surface area contributed by atoms with Crippen molar-refractivity contribution in [3.63, 3.8) is 0 Å². The molecule has 0 aliphatic carbocycles. The van der Waals surface area contributed by atoms with Gasteiger partial charge in [-0.2, -0.15) is 26.3 Å². The SMILES string of the molecule is COC(=O)N(Cc1cc(C(F)F)cc(C(F)(F)F)c1)Cc1cc(C(F)(F)F)ccc1-c1cc(C(C)C)ccc1OC. The molecular formula is C29H27F8NO3. The lowest BCUT2D eigenvalue weighted by Gasteiger charge is -2.25. The molecule has 12 heteroatoms. The highest BCUT2D eigenvalue weighted by atomic mass is 19.4. The molecule has 3 aromatic carbocycles. The molecule has 0 aliphatic heterocycles. The first kappa shape index (κ1) is 31.7. The fraction of sp³-hybridized carbons (Fsp3) is 0.345. The number of hydrogen-bond donors (Lipinski definition) is 0. The fourth-order valence-electron chi connectivity index (χ4n) is 4.30. The van der Waals surface area contributed by atoms with E-state index in [4.69, 9.17) is 9.47 Å². The van der Waals surface area contributed by atoms with Gasteiger partial charge >= 0.3 is 18.4 Å². The Labute approximate surface area is 231 Å². The van der Waals surface area contributed by atoms with Crippen LogP contribution in [-0.4, -0.2) is 25.2 Å². The Morgan fingerprint density at radius 1 is 0.780 bits per heavy atom. The molecule has 3 rings (SSSR count). The molecule has 0 bridgehead atoms. The predicted octanol–water partition coefficient (Wildman–Crippen LogP) is 9.23. The quantitative estimate of drug-likeness (QED) is 0.246. The first-order chi connectivity index (χ1) is 19.0. The number of rotatable bonds is 8. The third kappa shape index (κ3) is 7.68. The molecule has 0 heterocycles. The molecule has 0 spiro atoms. The van der Waals surface area contributed by atoms with E-state index in [2.05, 4.69) is 0 Å². The maximum atomic E-state index is 13.7. The fourth-order valence-corrected chi connectivity index (χ4v) is 4.30. The lowest BCUT2D eigenvalue weighted by molar-refractivity contribution is -0.138. The maximum absolute atomic E-state index is 13.7. The summed E-state index contributed by atoms with van der Waals surface area (Å²) in [5.74, 6) is 0.383. The van der Waals surface area contributed by atoms with E-state index >= 15 is 0 Å². The highest BCUT2D eigenvalue weighted by molar-refractivity contribution is 5.76. The largest absolute Gasteiger partial charge is 0.496 e. The number of benzene rings is 3. The zero-order chi connectivity index (χ0) is 30.7. The third-order valence-electron chi connectivity index (χ3n) is 6.37. The molecule has 0 saturated carbocycles. The van der Waals surface area contributed by atoms with Gasteiger partial charge in [0, 0.05) is 24.2 Å². The summed E-state index contributed by atoms with van der Waals surface area (Å²) in [6.45, 7) is 2.62. The van der Waals surface area contributed by atoms with Gasteiger partial charge in [-0.05, 0) is 70.6 Å². The highest BCUT2D eigenvalue weighted by Gasteiger charge is 2.34. The number of methoxy groups -OCH3 is 2. The average molecular weight is 590 g/mol. The summed E-state index contributed by atoms with van der Waals surface area (Å²) in [4.78, 5) is 13.5. The Bertz CT molecular complexity index is 1380. The minimum Gasteiger partial charge on any atom is -0.496 e. The number of ether oxygens (including phenoxy) is 2. The molecule has 0 N–H and O–H groups in total. The number of carbonyl (C=O) groups excluding carboxylic acids is 1. The van der Waals surface area contributed by atoms with Gasteiger partial charge in [-0.15, -0.1) is 0 Å². The Morgan fingerprint density at radius 2 is 1.44 bits per heavy atom. The minimum atomic E-state index is -4.96. The second kappa shape index (κ2) is 12.4. The summed E-state index contributed by atoms with van der Waals surface area (Å²) in [6.07, 6.45) is -14.0. The van der Waals surface area contributed by atoms with E-state index in [-0.39, 0.29) is 22.6 Å². The summed E-state index contributed by atoms with van der Waals surface area (Å²) in [5.41, 5.74) is -2.10. The summed E-state index contributed by atoms with van der Waals surface area (Å²) < 4.78 is 118. The Kier molecular flexibility index (Phi) is 9.55. The Hall–Kier alpha value is -3.83. The van der Waals surface area contributed by atoms with Gasteiger partial charge in [-0.25, -0.2) is 13.6 Å². The summed E-state index contributed by atoms with van der Waals surface area (Å²) in [7, 11) is 2.36. The van der Waals surface area contributed by atoms with Crippen molar-refractivity contribution in [2.45, 2.75) is 51.6 Å². The van der Waals surface area contributed by atoms with Crippen molar-refractivity contribution in [1.29, 1.82) is 0 Å². The number of amides is 1. The van der Waals surface area contributed by atoms with Crippen molar-refractivity contribution in [1.82, 2.24) is 4.90 Å². The maximum Gasteiger partial charge on any atom is 0.416 e. The summed E-state index contributed by atoms with van der Waals surface area (Å²) in [5, 5.41) is 0. The number of alkyl halides is 8. The van der Waals surface area contributed by atoms with Gasteiger partial charge in [-0.1, -0.05) is 26.0 Å². The van der Waals surface area contributed by atoms with Crippen LogP contribution in [0.15, 0.2) is 54.6 Å². The topological polar surface area (TPSA) is 38.8 Å². The molecule has 0 saturated heterocycles. The molecule has 0 unspecified atom stereocenters. The van der Waals surface area contributed by atoms with Crippen molar-refractivity contribution in [3.8, 4) is 16.9 Å². The smallest absolute Gasteiger partial charge is 0.416 e. The molecule has 41 heavy (non-hydrogen) atoms. The second-order valence-electron chi connectivity index (χ2n) is 9.57. The van der Waals surface area contributed by atoms with Gasteiger partial charge in [0.05, 0.1) is 25.3 Å². The molecule has 222 valence electrons. The van der Waals surface area contributed by atoms with E-state index in [1.807, 2.05) is 13.8 Å². The van der Waals surface area contributed by atoms with Gasteiger partial charge < -0.3 is 9.47 Å². The van der Waals surface area contributed by atoms with Crippen LogP contribution in [0, 0.1) is 0 Å². The molecule has 0 fully saturated rings. The van der Waals surface area contributed by atoms with E-state index in [0.717, 1.165) is 35.8 Å². The zero-order valence-electron chi connectivity index (χ0n) is 22.5. The highest BCUT2D eigenvalue weighted by Crippen LogP contribution is 2.39. The van der Waals surface area contributed by atoms with Crippen LogP contribution >= 0.6 is 0 Å². The Morgan fingerprint density at radius 3 is 1.98 bits per heavy atom. The number of hydrogen-bond acceptors (Lipinski definition) is 3. The van der Waals surface area contributed by atoms with Crippen molar-refractivity contribution < 1.29 is 49.4 Å². The molecule has 1 amide bonds. The van der Waals surface area contributed by atoms with Crippen LogP contribution in [0.1, 0.15) is 59.6 Å². The van der Waals surface area contributed by atoms with Crippen LogP contribution in [0.4, 0.5) is 39.9 Å². The van der Waals surface area contributed by atoms with E-state index in [1.165, 1.54) is 13.2 Å². The predicted molar refractivity (Wildman–Crippen MR) is 136 cm³/mol. The van der Waals surface area contributed by atoms with Gasteiger partial charge in [0.15, 0.2) is 0 Å². The average Bonchev–Trinajstić information content (AvgIpc) is 2.90. The van der Waals surface area contributed by atoms with Crippen LogP contribution in [-0.2, 0) is 30.2 Å². The minimum absolute atomic E-state index is 0.0227. The molecular weight excluding hydrogens is 562 g/mol. The van der Waals surface area contributed by atoms with Crippen molar-refractivity contribution >= 4 is 6.09 Å². The van der Waals surface area contributed by atoms with Gasteiger partial charge in [0.1, 0.15) is 5.75 Å². The monoisotopic (exact) mass is 589 g/mol. The van der Waals surface area contributed by atoms with E-state index in [1.54, 1.807) is 18.2 Å². The van der Waals surface area contributed by atoms with E-state index < -0.39 is 54.7 Å². The molecule has 0 radical (unpaired) electrons. The first-order valence-electron chi connectivity index (χ1n) is 12.3. The second-order valence-corrected chi connectivity index (χ2v) is 9.57. The van der Waals surface area contributed by atoms with Gasteiger partial charge in [0.2, 0.25) is 0 Å². The lowest BCUT2D eigenvalue weighted by Crippen LogP contribution is -2.30. The molecule has 0 aliphatic rings. The Balaban J connectivity index is 2.18. The standard InChI is InChI=1S/C29H27F8NO3/c1-16(2)18-5-8-25(40-3)24(13-18)23-7-6-21(28(32,33)34)12-20(23)15-38(27(39)41-4)14-17-9-19(26(30)31)11-22(10-17)29(35,36)37/h5-13,16,26H,14-15H2,1-4H3. The number of nitrogens with zero attached hydrogens (tertiary/aromatic N) is 1. The van der Waals surface area contributed by atoms with Crippen LogP contribution in [0.5, 0.6) is 5.75 Å². The van der Waals surface area contributed by atoms with E-state index in [9.17, 15) is 39.9 Å². The van der Waals surface area contributed by atoms with Crippen LogP contribution in [0.2, 0.25) is 0 Å². The normalized spacial score (nSPS) is 12.1. The first-order valence-corrected chi connectivity index (χ1v) is 12.3. The molecule has 0 atom stereocenters. The third-order valence-corrected chi connectivity index (χ3v) is 6.37. The number of halogens is 8. The summed E-state index contributed by atoms with van der Waals surface area (Å²) >= 11 is 0. The van der Waals surface area contributed by atoms with Gasteiger partial charge in [0.25, 0.3) is 6.43 Å². The van der Waals surface area contributed by atoms with Gasteiger partial charge in [-0.3, -0.25) is 4.90 Å².